The van der Waals surface area contributed by atoms with Crippen LogP contribution in [0.3, 0.4) is 0 Å². The molecule has 5 rings (SSSR count). The number of amides is 2. The molecule has 4 aromatic carbocycles. The van der Waals surface area contributed by atoms with E-state index in [0.29, 0.717) is 45.8 Å². The van der Waals surface area contributed by atoms with Crippen LogP contribution in [0.25, 0.3) is 10.9 Å². The number of anilines is 1. The number of hydrogen-bond donors (Lipinski definition) is 2. The van der Waals surface area contributed by atoms with Crippen molar-refractivity contribution < 1.29 is 19.1 Å². The molecule has 0 unspecified atom stereocenters. The molecule has 5 aromatic rings. The molecule has 0 atom stereocenters. The van der Waals surface area contributed by atoms with E-state index in [1.54, 1.807) is 66.7 Å². The van der Waals surface area contributed by atoms with Crippen molar-refractivity contribution in [3.8, 4) is 11.5 Å². The Labute approximate surface area is 253 Å². The lowest BCUT2D eigenvalue weighted by Crippen LogP contribution is -2.42. The van der Waals surface area contributed by atoms with Crippen LogP contribution in [0.5, 0.6) is 11.5 Å². The number of carbonyl (C=O) groups is 2. The number of carbonyl (C=O) groups excluding carboxylic acids is 2. The van der Waals surface area contributed by atoms with E-state index in [-0.39, 0.29) is 19.0 Å². The summed E-state index contributed by atoms with van der Waals surface area (Å²) in [5.41, 5.74) is 2.88. The van der Waals surface area contributed by atoms with Gasteiger partial charge in [0.05, 0.1) is 37.4 Å². The molecule has 1 aromatic heterocycles. The molecular weight excluding hydrogens is 560 g/mol. The molecule has 44 heavy (non-hydrogen) atoms. The standard InChI is InChI=1S/C34H32N4O6/c1-22-8-10-23(11-9-22)19-35-32(40)25-14-12-24(13-15-25)20-38-33(41)27-6-4-5-7-29(27)37(34(38)42)21-31(39)36-28-17-16-26(43-2)18-30(28)44-3/h4-18H,19-21H2,1-3H3,(H,35,40)(H,36,39). The van der Waals surface area contributed by atoms with Gasteiger partial charge in [0.15, 0.2) is 0 Å². The SMILES string of the molecule is COc1ccc(NC(=O)Cn2c(=O)n(Cc3ccc(C(=O)NCc4ccc(C)cc4)cc3)c(=O)c3ccccc32)c(OC)c1. The van der Waals surface area contributed by atoms with Crippen molar-refractivity contribution in [3.05, 3.63) is 134 Å². The third-order valence-electron chi connectivity index (χ3n) is 7.25. The highest BCUT2D eigenvalue weighted by atomic mass is 16.5. The maximum absolute atomic E-state index is 13.7. The lowest BCUT2D eigenvalue weighted by Gasteiger charge is -2.15. The Kier molecular flexibility index (Phi) is 8.90. The van der Waals surface area contributed by atoms with Gasteiger partial charge in [-0.25, -0.2) is 4.79 Å². The topological polar surface area (TPSA) is 121 Å². The summed E-state index contributed by atoms with van der Waals surface area (Å²) in [5.74, 6) is 0.242. The molecular formula is C34H32N4O6. The maximum atomic E-state index is 13.7. The zero-order valence-electron chi connectivity index (χ0n) is 24.6. The van der Waals surface area contributed by atoms with Gasteiger partial charge in [0.2, 0.25) is 5.91 Å². The molecule has 10 heteroatoms. The Balaban J connectivity index is 1.37. The van der Waals surface area contributed by atoms with Crippen molar-refractivity contribution in [2.24, 2.45) is 0 Å². The van der Waals surface area contributed by atoms with Crippen molar-refractivity contribution in [2.75, 3.05) is 19.5 Å². The van der Waals surface area contributed by atoms with Crippen LogP contribution in [-0.4, -0.2) is 35.2 Å². The normalized spacial score (nSPS) is 10.8. The number of aryl methyl sites for hydroxylation is 1. The van der Waals surface area contributed by atoms with Crippen molar-refractivity contribution in [1.82, 2.24) is 14.5 Å². The second-order valence-electron chi connectivity index (χ2n) is 10.3. The van der Waals surface area contributed by atoms with Gasteiger partial charge in [-0.15, -0.1) is 0 Å². The molecule has 0 aliphatic rings. The third-order valence-corrected chi connectivity index (χ3v) is 7.25. The summed E-state index contributed by atoms with van der Waals surface area (Å²) in [7, 11) is 3.00. The molecule has 0 spiro atoms. The van der Waals surface area contributed by atoms with Gasteiger partial charge in [0.25, 0.3) is 11.5 Å². The van der Waals surface area contributed by atoms with Crippen LogP contribution in [-0.2, 0) is 24.4 Å². The highest BCUT2D eigenvalue weighted by Gasteiger charge is 2.17. The first kappa shape index (κ1) is 29.8. The molecule has 0 saturated heterocycles. The van der Waals surface area contributed by atoms with E-state index < -0.39 is 17.2 Å². The summed E-state index contributed by atoms with van der Waals surface area (Å²) < 4.78 is 12.9. The van der Waals surface area contributed by atoms with Gasteiger partial charge in [-0.2, -0.15) is 0 Å². The monoisotopic (exact) mass is 592 g/mol. The predicted octanol–water partition coefficient (Wildman–Crippen LogP) is 4.11. The number of methoxy groups -OCH3 is 2. The van der Waals surface area contributed by atoms with E-state index in [2.05, 4.69) is 10.6 Å². The fraction of sp³-hybridized carbons (Fsp3) is 0.176. The van der Waals surface area contributed by atoms with Crippen molar-refractivity contribution in [1.29, 1.82) is 0 Å². The molecule has 0 aliphatic heterocycles. The minimum atomic E-state index is -0.634. The minimum absolute atomic E-state index is 0.0400. The highest BCUT2D eigenvalue weighted by molar-refractivity contribution is 5.94. The Morgan fingerprint density at radius 3 is 2.20 bits per heavy atom. The van der Waals surface area contributed by atoms with Gasteiger partial charge < -0.3 is 20.1 Å². The summed E-state index contributed by atoms with van der Waals surface area (Å²) in [6.07, 6.45) is 0. The lowest BCUT2D eigenvalue weighted by molar-refractivity contribution is -0.116. The first-order chi connectivity index (χ1) is 21.3. The van der Waals surface area contributed by atoms with Crippen LogP contribution in [0.2, 0.25) is 0 Å². The molecule has 2 N–H and O–H groups in total. The number of ether oxygens (including phenoxy) is 2. The molecule has 224 valence electrons. The predicted molar refractivity (Wildman–Crippen MR) is 169 cm³/mol. The number of nitrogens with one attached hydrogen (secondary N) is 2. The zero-order valence-corrected chi connectivity index (χ0v) is 24.6. The van der Waals surface area contributed by atoms with Gasteiger partial charge in [-0.05, 0) is 54.4 Å². The van der Waals surface area contributed by atoms with Crippen LogP contribution in [0.1, 0.15) is 27.0 Å². The Bertz CT molecular complexity index is 1940. The van der Waals surface area contributed by atoms with E-state index in [1.807, 2.05) is 31.2 Å². The van der Waals surface area contributed by atoms with E-state index in [4.69, 9.17) is 9.47 Å². The van der Waals surface area contributed by atoms with Gasteiger partial charge in [-0.1, -0.05) is 54.1 Å². The van der Waals surface area contributed by atoms with Gasteiger partial charge in [0, 0.05) is 18.2 Å². The first-order valence-corrected chi connectivity index (χ1v) is 13.9. The van der Waals surface area contributed by atoms with Gasteiger partial charge >= 0.3 is 5.69 Å². The highest BCUT2D eigenvalue weighted by Crippen LogP contribution is 2.29. The molecule has 0 bridgehead atoms. The quantitative estimate of drug-likeness (QED) is 0.252. The second-order valence-corrected chi connectivity index (χ2v) is 10.3. The summed E-state index contributed by atoms with van der Waals surface area (Å²) in [6, 6.07) is 26.2. The van der Waals surface area contributed by atoms with E-state index in [1.165, 1.54) is 18.8 Å². The van der Waals surface area contributed by atoms with Crippen LogP contribution in [0.4, 0.5) is 5.69 Å². The Hall–Kier alpha value is -5.64. The molecule has 0 fully saturated rings. The molecule has 2 amide bonds. The summed E-state index contributed by atoms with van der Waals surface area (Å²) >= 11 is 0. The van der Waals surface area contributed by atoms with Gasteiger partial charge in [0.1, 0.15) is 18.0 Å². The minimum Gasteiger partial charge on any atom is -0.497 e. The van der Waals surface area contributed by atoms with E-state index in [0.717, 1.165) is 15.7 Å². The molecule has 10 nitrogen and oxygen atoms in total. The van der Waals surface area contributed by atoms with Crippen LogP contribution in [0, 0.1) is 6.92 Å². The average Bonchev–Trinajstić information content (AvgIpc) is 3.05. The molecule has 0 saturated carbocycles. The maximum Gasteiger partial charge on any atom is 0.332 e. The smallest absolute Gasteiger partial charge is 0.332 e. The molecule has 0 aliphatic carbocycles. The van der Waals surface area contributed by atoms with Crippen molar-refractivity contribution >= 4 is 28.4 Å². The third kappa shape index (κ3) is 6.54. The molecule has 0 radical (unpaired) electrons. The largest absolute Gasteiger partial charge is 0.497 e. The van der Waals surface area contributed by atoms with Crippen LogP contribution < -0.4 is 31.4 Å². The summed E-state index contributed by atoms with van der Waals surface area (Å²) in [6.45, 7) is 2.02. The van der Waals surface area contributed by atoms with E-state index in [9.17, 15) is 19.2 Å². The van der Waals surface area contributed by atoms with Gasteiger partial charge in [-0.3, -0.25) is 23.5 Å². The number of nitrogens with zero attached hydrogens (tertiary/aromatic N) is 2. The lowest BCUT2D eigenvalue weighted by atomic mass is 10.1. The second kappa shape index (κ2) is 13.1. The van der Waals surface area contributed by atoms with Crippen LogP contribution >= 0.6 is 0 Å². The first-order valence-electron chi connectivity index (χ1n) is 13.9. The average molecular weight is 593 g/mol. The van der Waals surface area contributed by atoms with Crippen LogP contribution in [0.15, 0.2) is 101 Å². The number of benzene rings is 4. The molecule has 1 heterocycles. The Morgan fingerprint density at radius 2 is 1.50 bits per heavy atom. The van der Waals surface area contributed by atoms with Crippen molar-refractivity contribution in [2.45, 2.75) is 26.6 Å². The van der Waals surface area contributed by atoms with Crippen molar-refractivity contribution in [3.63, 3.8) is 0 Å². The Morgan fingerprint density at radius 1 is 0.795 bits per heavy atom. The van der Waals surface area contributed by atoms with E-state index >= 15 is 0 Å². The number of hydrogen-bond acceptors (Lipinski definition) is 6. The fourth-order valence-electron chi connectivity index (χ4n) is 4.83. The number of fused-ring (bicyclic) bond motifs is 1. The number of rotatable bonds is 10. The summed E-state index contributed by atoms with van der Waals surface area (Å²) in [4.78, 5) is 52.9. The number of para-hydroxylation sites is 1. The zero-order chi connectivity index (χ0) is 31.2. The number of aromatic nitrogens is 2. The fourth-order valence-corrected chi connectivity index (χ4v) is 4.83. The summed E-state index contributed by atoms with van der Waals surface area (Å²) in [5, 5.41) is 5.97.